The molecule has 0 fully saturated rings. The van der Waals surface area contributed by atoms with Crippen molar-refractivity contribution in [2.75, 3.05) is 24.6 Å². The predicted molar refractivity (Wildman–Crippen MR) is 113 cm³/mol. The first-order valence-corrected chi connectivity index (χ1v) is 9.22. The molecule has 0 atom stereocenters. The fraction of sp³-hybridized carbons (Fsp3) is 0.130. The average molecular weight is 384 g/mol. The second kappa shape index (κ2) is 7.95. The molecular weight excluding hydrogens is 364 g/mol. The Morgan fingerprint density at radius 1 is 1.03 bits per heavy atom. The smallest absolute Gasteiger partial charge is 0.407 e. The van der Waals surface area contributed by atoms with Gasteiger partial charge in [-0.2, -0.15) is 0 Å². The Hall–Kier alpha value is -3.98. The topological polar surface area (TPSA) is 103 Å². The van der Waals surface area contributed by atoms with Crippen LogP contribution in [0.1, 0.15) is 22.6 Å². The molecule has 0 radical (unpaired) electrons. The predicted octanol–water partition coefficient (Wildman–Crippen LogP) is 3.14. The average Bonchev–Trinajstić information content (AvgIpc) is 3.06. The van der Waals surface area contributed by atoms with Crippen LogP contribution in [0.15, 0.2) is 60.9 Å². The summed E-state index contributed by atoms with van der Waals surface area (Å²) < 4.78 is 5.46. The Kier molecular flexibility index (Phi) is 5.04. The number of nitrogens with two attached hydrogens (primary N) is 2. The minimum absolute atomic E-state index is 0.0254. The Labute approximate surface area is 168 Å². The van der Waals surface area contributed by atoms with Gasteiger partial charge in [-0.1, -0.05) is 60.4 Å². The number of hydrogen-bond donors (Lipinski definition) is 3. The highest BCUT2D eigenvalue weighted by Gasteiger charge is 2.28. The molecule has 0 aliphatic heterocycles. The van der Waals surface area contributed by atoms with Gasteiger partial charge in [0.1, 0.15) is 6.61 Å². The molecule has 0 bridgehead atoms. The van der Waals surface area contributed by atoms with Gasteiger partial charge in [0.25, 0.3) is 0 Å². The van der Waals surface area contributed by atoms with E-state index in [2.05, 4.69) is 46.4 Å². The number of nitrogens with zero attached hydrogens (tertiary/aromatic N) is 1. The van der Waals surface area contributed by atoms with E-state index in [0.29, 0.717) is 16.9 Å². The van der Waals surface area contributed by atoms with Gasteiger partial charge in [-0.05, 0) is 22.3 Å². The molecule has 4 rings (SSSR count). The molecule has 6 nitrogen and oxygen atoms in total. The van der Waals surface area contributed by atoms with Gasteiger partial charge in [0, 0.05) is 12.1 Å². The van der Waals surface area contributed by atoms with Crippen LogP contribution in [-0.2, 0) is 4.74 Å². The summed E-state index contributed by atoms with van der Waals surface area (Å²) in [5.74, 6) is 5.69. The number of nitrogen functional groups attached to an aromatic ring is 2. The van der Waals surface area contributed by atoms with Gasteiger partial charge in [-0.15, -0.1) is 0 Å². The third-order valence-corrected chi connectivity index (χ3v) is 4.91. The first-order chi connectivity index (χ1) is 14.1. The zero-order valence-corrected chi connectivity index (χ0v) is 15.7. The summed E-state index contributed by atoms with van der Waals surface area (Å²) in [5, 5.41) is 2.63. The molecule has 0 saturated heterocycles. The lowest BCUT2D eigenvalue weighted by Gasteiger charge is -2.14. The lowest BCUT2D eigenvalue weighted by molar-refractivity contribution is 0.144. The van der Waals surface area contributed by atoms with Crippen molar-refractivity contribution < 1.29 is 9.53 Å². The second-order valence-electron chi connectivity index (χ2n) is 6.67. The lowest BCUT2D eigenvalue weighted by Crippen LogP contribution is -2.26. The van der Waals surface area contributed by atoms with Gasteiger partial charge in [-0.25, -0.2) is 4.79 Å². The number of carbonyl (C=O) groups is 1. The first-order valence-electron chi connectivity index (χ1n) is 9.22. The number of hydrogen-bond acceptors (Lipinski definition) is 5. The Bertz CT molecular complexity index is 1090. The quantitative estimate of drug-likeness (QED) is 0.602. The van der Waals surface area contributed by atoms with Crippen LogP contribution in [0.2, 0.25) is 0 Å². The van der Waals surface area contributed by atoms with Gasteiger partial charge in [0.05, 0.1) is 29.7 Å². The number of benzene rings is 2. The summed E-state index contributed by atoms with van der Waals surface area (Å²) in [6, 6.07) is 16.4. The van der Waals surface area contributed by atoms with Gasteiger partial charge in [0.15, 0.2) is 0 Å². The molecule has 144 valence electrons. The van der Waals surface area contributed by atoms with E-state index in [9.17, 15) is 4.79 Å². The fourth-order valence-electron chi connectivity index (χ4n) is 3.49. The van der Waals surface area contributed by atoms with E-state index in [-0.39, 0.29) is 19.1 Å². The maximum Gasteiger partial charge on any atom is 0.407 e. The minimum Gasteiger partial charge on any atom is -0.449 e. The molecule has 1 aromatic heterocycles. The zero-order valence-electron chi connectivity index (χ0n) is 15.7. The van der Waals surface area contributed by atoms with Crippen LogP contribution in [0.3, 0.4) is 0 Å². The van der Waals surface area contributed by atoms with Crippen molar-refractivity contribution in [2.24, 2.45) is 0 Å². The molecule has 6 heteroatoms. The number of pyridine rings is 1. The SMILES string of the molecule is Nc1cncc(C#CCNC(=O)OCC2c3ccccc3-c3ccccc32)c1N. The summed E-state index contributed by atoms with van der Waals surface area (Å²) in [6.07, 6.45) is 2.49. The van der Waals surface area contributed by atoms with E-state index in [1.165, 1.54) is 34.6 Å². The maximum absolute atomic E-state index is 12.1. The van der Waals surface area contributed by atoms with E-state index in [1.54, 1.807) is 0 Å². The van der Waals surface area contributed by atoms with Crippen molar-refractivity contribution in [3.8, 4) is 23.0 Å². The zero-order chi connectivity index (χ0) is 20.2. The lowest BCUT2D eigenvalue weighted by atomic mass is 9.98. The largest absolute Gasteiger partial charge is 0.449 e. The highest BCUT2D eigenvalue weighted by molar-refractivity contribution is 5.79. The highest BCUT2D eigenvalue weighted by atomic mass is 16.5. The van der Waals surface area contributed by atoms with E-state index in [1.807, 2.05) is 24.3 Å². The summed E-state index contributed by atoms with van der Waals surface area (Å²) >= 11 is 0. The van der Waals surface area contributed by atoms with E-state index in [4.69, 9.17) is 16.2 Å². The number of rotatable bonds is 3. The molecule has 0 spiro atoms. The third-order valence-electron chi connectivity index (χ3n) is 4.91. The summed E-state index contributed by atoms with van der Waals surface area (Å²) in [4.78, 5) is 16.0. The fourth-order valence-corrected chi connectivity index (χ4v) is 3.49. The van der Waals surface area contributed by atoms with Gasteiger partial charge >= 0.3 is 6.09 Å². The standard InChI is InChI=1S/C23H20N4O2/c24-21-13-26-12-15(22(21)25)6-5-11-27-23(28)29-14-20-18-9-3-1-7-16(18)17-8-2-4-10-19(17)20/h1-4,7-10,12-13,20H,11,14,24H2,(H2,25,26)(H,27,28). The van der Waals surface area contributed by atoms with Gasteiger partial charge in [-0.3, -0.25) is 4.98 Å². The molecule has 1 aliphatic rings. The number of carbonyl (C=O) groups excluding carboxylic acids is 1. The summed E-state index contributed by atoms with van der Waals surface area (Å²) in [5.41, 5.74) is 17.5. The number of anilines is 2. The van der Waals surface area contributed by atoms with E-state index >= 15 is 0 Å². The normalized spacial score (nSPS) is 11.7. The van der Waals surface area contributed by atoms with E-state index in [0.717, 1.165) is 0 Å². The molecule has 1 heterocycles. The molecule has 2 aromatic carbocycles. The van der Waals surface area contributed by atoms with Crippen molar-refractivity contribution in [1.82, 2.24) is 10.3 Å². The van der Waals surface area contributed by atoms with Crippen molar-refractivity contribution in [1.29, 1.82) is 0 Å². The summed E-state index contributed by atoms with van der Waals surface area (Å²) in [7, 11) is 0. The number of ether oxygens (including phenoxy) is 1. The molecule has 0 saturated carbocycles. The number of nitrogens with one attached hydrogen (secondary N) is 1. The Morgan fingerprint density at radius 3 is 2.38 bits per heavy atom. The molecule has 29 heavy (non-hydrogen) atoms. The molecule has 1 amide bonds. The molecule has 1 aliphatic carbocycles. The second-order valence-corrected chi connectivity index (χ2v) is 6.67. The van der Waals surface area contributed by atoms with Gasteiger partial charge < -0.3 is 21.5 Å². The van der Waals surface area contributed by atoms with E-state index < -0.39 is 6.09 Å². The molecular formula is C23H20N4O2. The Balaban J connectivity index is 1.36. The number of alkyl carbamates (subject to hydrolysis) is 1. The Morgan fingerprint density at radius 2 is 1.69 bits per heavy atom. The van der Waals surface area contributed by atoms with Crippen molar-refractivity contribution in [3.05, 3.63) is 77.6 Å². The van der Waals surface area contributed by atoms with Crippen LogP contribution in [0.25, 0.3) is 11.1 Å². The monoisotopic (exact) mass is 384 g/mol. The number of amides is 1. The minimum atomic E-state index is -0.514. The van der Waals surface area contributed by atoms with Crippen molar-refractivity contribution in [2.45, 2.75) is 5.92 Å². The van der Waals surface area contributed by atoms with Crippen LogP contribution in [-0.4, -0.2) is 24.2 Å². The number of aromatic nitrogens is 1. The third kappa shape index (κ3) is 3.71. The van der Waals surface area contributed by atoms with Gasteiger partial charge in [0.2, 0.25) is 0 Å². The summed E-state index contributed by atoms with van der Waals surface area (Å²) in [6.45, 7) is 0.393. The molecule has 5 N–H and O–H groups in total. The molecule has 0 unspecified atom stereocenters. The van der Waals surface area contributed by atoms with Crippen LogP contribution in [0, 0.1) is 11.8 Å². The van der Waals surface area contributed by atoms with Crippen LogP contribution in [0.5, 0.6) is 0 Å². The van der Waals surface area contributed by atoms with Crippen molar-refractivity contribution >= 4 is 17.5 Å². The van der Waals surface area contributed by atoms with Crippen LogP contribution < -0.4 is 16.8 Å². The number of fused-ring (bicyclic) bond motifs is 3. The highest BCUT2D eigenvalue weighted by Crippen LogP contribution is 2.44. The van der Waals surface area contributed by atoms with Crippen LogP contribution >= 0.6 is 0 Å². The van der Waals surface area contributed by atoms with Crippen molar-refractivity contribution in [3.63, 3.8) is 0 Å². The first kappa shape index (κ1) is 18.4. The van der Waals surface area contributed by atoms with Crippen LogP contribution in [0.4, 0.5) is 16.2 Å². The maximum atomic E-state index is 12.1. The molecule has 3 aromatic rings.